The van der Waals surface area contributed by atoms with Gasteiger partial charge in [0, 0.05) is 40.6 Å². The number of hydrogen-bond donors (Lipinski definition) is 1. The zero-order chi connectivity index (χ0) is 24.8. The number of nitrogens with zero attached hydrogens (tertiary/aromatic N) is 1. The second kappa shape index (κ2) is 8.46. The predicted molar refractivity (Wildman–Crippen MR) is 110 cm³/mol. The maximum Gasteiger partial charge on any atom is 0.435 e. The Bertz CT molecular complexity index is 1090. The fraction of sp³-hybridized carbons (Fsp3) is 0.391. The highest BCUT2D eigenvalue weighted by atomic mass is 19.4. The average molecular weight is 474 g/mol. The van der Waals surface area contributed by atoms with E-state index in [2.05, 4.69) is 10.3 Å². The van der Waals surface area contributed by atoms with Gasteiger partial charge in [0.2, 0.25) is 0 Å². The van der Waals surface area contributed by atoms with Crippen LogP contribution in [0.5, 0.6) is 0 Å². The highest BCUT2D eigenvalue weighted by Crippen LogP contribution is 2.53. The van der Waals surface area contributed by atoms with Gasteiger partial charge in [-0.25, -0.2) is 4.39 Å². The summed E-state index contributed by atoms with van der Waals surface area (Å²) >= 11 is 0. The summed E-state index contributed by atoms with van der Waals surface area (Å²) in [6.45, 7) is 5.10. The number of hydrogen-bond acceptors (Lipinski definition) is 2. The van der Waals surface area contributed by atoms with Crippen LogP contribution in [0.2, 0.25) is 0 Å². The number of amides is 1. The number of aryl methyl sites for hydroxylation is 1. The van der Waals surface area contributed by atoms with Crippen molar-refractivity contribution in [3.8, 4) is 0 Å². The summed E-state index contributed by atoms with van der Waals surface area (Å²) in [7, 11) is 0. The van der Waals surface area contributed by atoms with E-state index in [1.165, 1.54) is 6.92 Å². The molecule has 0 heterocycles. The van der Waals surface area contributed by atoms with E-state index >= 15 is 0 Å². The molecule has 0 bridgehead atoms. The summed E-state index contributed by atoms with van der Waals surface area (Å²) in [6, 6.07) is 6.78. The molecule has 0 spiro atoms. The SMILES string of the molecule is CCC(C)N=C1Cc2cccc(C(=O)Nc3ccc(C(F)(C(F)(F)F)C(F)(F)F)cc3C)c21. The number of aliphatic imine (C=N–C) groups is 1. The summed E-state index contributed by atoms with van der Waals surface area (Å²) in [6.07, 6.45) is -11.0. The lowest BCUT2D eigenvalue weighted by atomic mass is 9.82. The Morgan fingerprint density at radius 1 is 1.06 bits per heavy atom. The van der Waals surface area contributed by atoms with Crippen LogP contribution in [0.4, 0.5) is 36.4 Å². The molecule has 2 aromatic carbocycles. The van der Waals surface area contributed by atoms with Crippen LogP contribution in [0, 0.1) is 6.92 Å². The molecule has 1 atom stereocenters. The molecule has 0 fully saturated rings. The van der Waals surface area contributed by atoms with E-state index in [1.54, 1.807) is 12.1 Å². The highest BCUT2D eigenvalue weighted by Gasteiger charge is 2.73. The van der Waals surface area contributed by atoms with Crippen molar-refractivity contribution in [3.63, 3.8) is 0 Å². The molecule has 0 aromatic heterocycles. The van der Waals surface area contributed by atoms with Crippen LogP contribution in [-0.4, -0.2) is 30.0 Å². The first-order chi connectivity index (χ1) is 15.2. The average Bonchev–Trinajstić information content (AvgIpc) is 2.70. The van der Waals surface area contributed by atoms with Gasteiger partial charge in [-0.1, -0.05) is 31.2 Å². The monoisotopic (exact) mass is 474 g/mol. The fourth-order valence-electron chi connectivity index (χ4n) is 3.60. The molecular weight excluding hydrogens is 453 g/mol. The van der Waals surface area contributed by atoms with Crippen molar-refractivity contribution >= 4 is 17.3 Å². The number of nitrogens with one attached hydrogen (secondary N) is 1. The quantitative estimate of drug-likeness (QED) is 0.483. The van der Waals surface area contributed by atoms with Gasteiger partial charge in [0.15, 0.2) is 0 Å². The number of rotatable bonds is 5. The molecule has 1 N–H and O–H groups in total. The fourth-order valence-corrected chi connectivity index (χ4v) is 3.60. The van der Waals surface area contributed by atoms with Gasteiger partial charge < -0.3 is 5.32 Å². The van der Waals surface area contributed by atoms with Crippen molar-refractivity contribution in [3.05, 3.63) is 64.2 Å². The second-order valence-corrected chi connectivity index (χ2v) is 7.99. The molecule has 1 amide bonds. The van der Waals surface area contributed by atoms with Crippen LogP contribution >= 0.6 is 0 Å². The van der Waals surface area contributed by atoms with E-state index in [1.807, 2.05) is 19.9 Å². The Balaban J connectivity index is 1.92. The summed E-state index contributed by atoms with van der Waals surface area (Å²) in [5.74, 6) is -0.600. The molecule has 3 rings (SSSR count). The van der Waals surface area contributed by atoms with E-state index in [9.17, 15) is 35.5 Å². The molecule has 1 aliphatic carbocycles. The molecule has 2 aromatic rings. The van der Waals surface area contributed by atoms with Crippen molar-refractivity contribution in [2.45, 2.75) is 57.7 Å². The molecule has 1 unspecified atom stereocenters. The van der Waals surface area contributed by atoms with Gasteiger partial charge in [-0.05, 0) is 43.5 Å². The molecule has 0 aliphatic heterocycles. The van der Waals surface area contributed by atoms with E-state index in [4.69, 9.17) is 0 Å². The number of carbonyl (C=O) groups excluding carboxylic acids is 1. The third-order valence-corrected chi connectivity index (χ3v) is 5.66. The van der Waals surface area contributed by atoms with Gasteiger partial charge in [-0.15, -0.1) is 0 Å². The Morgan fingerprint density at radius 3 is 2.24 bits per heavy atom. The molecule has 0 saturated heterocycles. The zero-order valence-corrected chi connectivity index (χ0v) is 18.0. The molecule has 0 radical (unpaired) electrons. The van der Waals surface area contributed by atoms with Crippen molar-refractivity contribution in [1.82, 2.24) is 0 Å². The number of halogens is 7. The van der Waals surface area contributed by atoms with Gasteiger partial charge in [0.05, 0.1) is 0 Å². The minimum absolute atomic E-state index is 0.0345. The number of fused-ring (bicyclic) bond motifs is 1. The van der Waals surface area contributed by atoms with E-state index in [-0.39, 0.29) is 22.9 Å². The lowest BCUT2D eigenvalue weighted by Gasteiger charge is -2.30. The molecular formula is C23H21F7N2O. The normalized spacial score (nSPS) is 16.2. The van der Waals surface area contributed by atoms with Crippen molar-refractivity contribution in [2.24, 2.45) is 4.99 Å². The minimum atomic E-state index is -6.21. The van der Waals surface area contributed by atoms with Gasteiger partial charge in [-0.2, -0.15) is 26.3 Å². The van der Waals surface area contributed by atoms with Crippen LogP contribution in [0.25, 0.3) is 0 Å². The first kappa shape index (κ1) is 24.7. The lowest BCUT2D eigenvalue weighted by molar-refractivity contribution is -0.348. The van der Waals surface area contributed by atoms with Crippen LogP contribution in [0.1, 0.15) is 52.9 Å². The smallest absolute Gasteiger partial charge is 0.322 e. The number of anilines is 1. The Hall–Kier alpha value is -2.91. The molecule has 3 nitrogen and oxygen atoms in total. The van der Waals surface area contributed by atoms with Crippen LogP contribution in [-0.2, 0) is 12.1 Å². The van der Waals surface area contributed by atoms with Gasteiger partial charge in [0.25, 0.3) is 5.91 Å². The highest BCUT2D eigenvalue weighted by molar-refractivity contribution is 6.19. The van der Waals surface area contributed by atoms with E-state index in [0.29, 0.717) is 24.1 Å². The first-order valence-corrected chi connectivity index (χ1v) is 10.1. The third-order valence-electron chi connectivity index (χ3n) is 5.66. The predicted octanol–water partition coefficient (Wildman–Crippen LogP) is 6.68. The topological polar surface area (TPSA) is 41.5 Å². The maximum atomic E-state index is 14.3. The van der Waals surface area contributed by atoms with Crippen LogP contribution in [0.15, 0.2) is 41.4 Å². The molecule has 1 aliphatic rings. The lowest BCUT2D eigenvalue weighted by Crippen LogP contribution is -2.50. The standard InChI is InChI=1S/C23H21F7N2O/c1-4-13(3)31-18-11-14-6-5-7-16(19(14)18)20(33)32-17-9-8-15(10-12(17)2)21(24,22(25,26)27)23(28,29)30/h5-10,13H,4,11H2,1-3H3,(H,32,33). The first-order valence-electron chi connectivity index (χ1n) is 10.1. The van der Waals surface area contributed by atoms with Gasteiger partial charge in [0.1, 0.15) is 0 Å². The molecule has 33 heavy (non-hydrogen) atoms. The van der Waals surface area contributed by atoms with Gasteiger partial charge in [-0.3, -0.25) is 9.79 Å². The Kier molecular flexibility index (Phi) is 6.34. The van der Waals surface area contributed by atoms with Crippen LogP contribution in [0.3, 0.4) is 0 Å². The van der Waals surface area contributed by atoms with Crippen molar-refractivity contribution in [2.75, 3.05) is 5.32 Å². The summed E-state index contributed by atoms with van der Waals surface area (Å²) < 4.78 is 92.4. The van der Waals surface area contributed by atoms with Crippen molar-refractivity contribution < 1.29 is 35.5 Å². The maximum absolute atomic E-state index is 14.3. The summed E-state index contributed by atoms with van der Waals surface area (Å²) in [5, 5.41) is 2.49. The van der Waals surface area contributed by atoms with E-state index in [0.717, 1.165) is 23.8 Å². The number of carbonyl (C=O) groups is 1. The van der Waals surface area contributed by atoms with Crippen molar-refractivity contribution in [1.29, 1.82) is 0 Å². The summed E-state index contributed by atoms with van der Waals surface area (Å²) in [5.41, 5.74) is -4.70. The van der Waals surface area contributed by atoms with Crippen LogP contribution < -0.4 is 5.32 Å². The number of alkyl halides is 7. The zero-order valence-electron chi connectivity index (χ0n) is 18.0. The number of benzene rings is 2. The molecule has 0 saturated carbocycles. The van der Waals surface area contributed by atoms with Gasteiger partial charge >= 0.3 is 18.0 Å². The molecule has 178 valence electrons. The summed E-state index contributed by atoms with van der Waals surface area (Å²) in [4.78, 5) is 17.5. The van der Waals surface area contributed by atoms with E-state index < -0.39 is 29.5 Å². The second-order valence-electron chi connectivity index (χ2n) is 7.99. The minimum Gasteiger partial charge on any atom is -0.322 e. The Labute approximate surface area is 185 Å². The third kappa shape index (κ3) is 4.35. The largest absolute Gasteiger partial charge is 0.435 e. The molecule has 10 heteroatoms. The Morgan fingerprint density at radius 2 is 1.70 bits per heavy atom.